The van der Waals surface area contributed by atoms with Crippen molar-refractivity contribution in [3.63, 3.8) is 0 Å². The standard InChI is InChI=1S/C50H33NSSi.CH4/c1-3-16-37(17-4-1)53(38-18-5-2-6-19-38)49-26-14-12-24-44(49)45-32-35(28-30-50(45)53)51(36-27-29-43-42-23-11-13-25-47(42)52-48(43)33-36)46-31-34-15-7-8-20-39(34)40-21-9-10-22-41(40)46;/h1-33H;1H4. The van der Waals surface area contributed by atoms with Crippen molar-refractivity contribution in [3.8, 4) is 11.1 Å². The predicted molar refractivity (Wildman–Crippen MR) is 238 cm³/mol. The summed E-state index contributed by atoms with van der Waals surface area (Å²) < 4.78 is 2.62. The Hall–Kier alpha value is -6.26. The van der Waals surface area contributed by atoms with Gasteiger partial charge in [-0.3, -0.25) is 0 Å². The molecule has 0 saturated heterocycles. The van der Waals surface area contributed by atoms with Crippen molar-refractivity contribution in [3.05, 3.63) is 200 Å². The van der Waals surface area contributed by atoms with Crippen molar-refractivity contribution < 1.29 is 0 Å². The van der Waals surface area contributed by atoms with Crippen LogP contribution >= 0.6 is 11.3 Å². The number of thiophene rings is 1. The van der Waals surface area contributed by atoms with Crippen LogP contribution in [0.15, 0.2) is 200 Å². The van der Waals surface area contributed by atoms with E-state index in [0.717, 1.165) is 11.4 Å². The summed E-state index contributed by atoms with van der Waals surface area (Å²) in [6, 6.07) is 74.9. The molecule has 1 aliphatic heterocycles. The van der Waals surface area contributed by atoms with E-state index in [9.17, 15) is 0 Å². The lowest BCUT2D eigenvalue weighted by Crippen LogP contribution is -2.72. The molecule has 0 amide bonds. The van der Waals surface area contributed by atoms with E-state index >= 15 is 0 Å². The Morgan fingerprint density at radius 1 is 0.370 bits per heavy atom. The average Bonchev–Trinajstić information content (AvgIpc) is 3.75. The van der Waals surface area contributed by atoms with Crippen LogP contribution < -0.4 is 25.6 Å². The second-order valence-electron chi connectivity index (χ2n) is 14.0. The number of fused-ring (bicyclic) bond motifs is 9. The number of benzene rings is 9. The van der Waals surface area contributed by atoms with Gasteiger partial charge in [-0.1, -0.05) is 171 Å². The molecule has 0 radical (unpaired) electrons. The van der Waals surface area contributed by atoms with Crippen LogP contribution in [-0.2, 0) is 0 Å². The average molecular weight is 724 g/mol. The van der Waals surface area contributed by atoms with Crippen LogP contribution in [0.5, 0.6) is 0 Å². The maximum atomic E-state index is 2.51. The van der Waals surface area contributed by atoms with Gasteiger partial charge in [0.25, 0.3) is 0 Å². The summed E-state index contributed by atoms with van der Waals surface area (Å²) in [6.45, 7) is 0. The zero-order valence-electron chi connectivity index (χ0n) is 28.9. The maximum Gasteiger partial charge on any atom is 0.180 e. The van der Waals surface area contributed by atoms with Crippen LogP contribution in [0, 0.1) is 0 Å². The van der Waals surface area contributed by atoms with Crippen LogP contribution in [0.1, 0.15) is 7.43 Å². The molecule has 11 rings (SSSR count). The molecule has 1 aromatic heterocycles. The highest BCUT2D eigenvalue weighted by Gasteiger charge is 2.48. The second kappa shape index (κ2) is 12.7. The molecule has 3 heteroatoms. The minimum atomic E-state index is -2.59. The van der Waals surface area contributed by atoms with E-state index < -0.39 is 8.07 Å². The Balaban J connectivity index is 0.00000361. The van der Waals surface area contributed by atoms with Crippen molar-refractivity contribution in [1.82, 2.24) is 0 Å². The maximum absolute atomic E-state index is 2.59. The fourth-order valence-corrected chi connectivity index (χ4v) is 15.4. The van der Waals surface area contributed by atoms with E-state index in [1.807, 2.05) is 11.3 Å². The summed E-state index contributed by atoms with van der Waals surface area (Å²) in [6.07, 6.45) is 0. The first-order valence-corrected chi connectivity index (χ1v) is 21.1. The summed E-state index contributed by atoms with van der Waals surface area (Å²) in [5.74, 6) is 0. The van der Waals surface area contributed by atoms with Gasteiger partial charge in [0.05, 0.1) is 5.69 Å². The van der Waals surface area contributed by atoms with Crippen molar-refractivity contribution in [2.24, 2.45) is 0 Å². The summed E-state index contributed by atoms with van der Waals surface area (Å²) >= 11 is 1.87. The minimum absolute atomic E-state index is 0. The van der Waals surface area contributed by atoms with Crippen LogP contribution in [-0.4, -0.2) is 8.07 Å². The lowest BCUT2D eigenvalue weighted by molar-refractivity contribution is 1.31. The molecule has 0 saturated carbocycles. The molecule has 0 fully saturated rings. The second-order valence-corrected chi connectivity index (χ2v) is 18.8. The number of anilines is 3. The van der Waals surface area contributed by atoms with Gasteiger partial charge in [-0.05, 0) is 84.4 Å². The molecule has 0 spiro atoms. The van der Waals surface area contributed by atoms with Gasteiger partial charge >= 0.3 is 0 Å². The van der Waals surface area contributed by atoms with Crippen molar-refractivity contribution >= 4 is 98.9 Å². The van der Waals surface area contributed by atoms with Gasteiger partial charge in [0.2, 0.25) is 0 Å². The molecule has 0 aliphatic carbocycles. The first kappa shape index (κ1) is 32.4. The summed E-state index contributed by atoms with van der Waals surface area (Å²) in [5, 5.41) is 13.4. The van der Waals surface area contributed by atoms with Gasteiger partial charge in [-0.25, -0.2) is 0 Å². The number of nitrogens with zero attached hydrogens (tertiary/aromatic N) is 1. The summed E-state index contributed by atoms with van der Waals surface area (Å²) in [7, 11) is -2.59. The Morgan fingerprint density at radius 3 is 1.70 bits per heavy atom. The number of hydrogen-bond acceptors (Lipinski definition) is 2. The van der Waals surface area contributed by atoms with Crippen molar-refractivity contribution in [1.29, 1.82) is 0 Å². The van der Waals surface area contributed by atoms with E-state index in [4.69, 9.17) is 0 Å². The van der Waals surface area contributed by atoms with Gasteiger partial charge < -0.3 is 4.90 Å². The molecule has 0 N–H and O–H groups in total. The largest absolute Gasteiger partial charge is 0.310 e. The monoisotopic (exact) mass is 723 g/mol. The highest BCUT2D eigenvalue weighted by atomic mass is 32.1. The SMILES string of the molecule is C.c1ccc([Si]2(c3ccccc3)c3ccccc3-c3cc(N(c4ccc5c(c4)sc4ccccc45)c4cc5ccccc5c5ccccc45)ccc32)cc1. The van der Waals surface area contributed by atoms with Gasteiger partial charge in [-0.2, -0.15) is 0 Å². The minimum Gasteiger partial charge on any atom is -0.310 e. The van der Waals surface area contributed by atoms with Gasteiger partial charge in [0, 0.05) is 36.9 Å². The van der Waals surface area contributed by atoms with Crippen molar-refractivity contribution in [2.45, 2.75) is 7.43 Å². The lowest BCUT2D eigenvalue weighted by atomic mass is 9.98. The van der Waals surface area contributed by atoms with Crippen LogP contribution in [0.25, 0.3) is 52.8 Å². The van der Waals surface area contributed by atoms with E-state index in [1.54, 1.807) is 0 Å². The smallest absolute Gasteiger partial charge is 0.180 e. The lowest BCUT2D eigenvalue weighted by Gasteiger charge is -2.32. The summed E-state index contributed by atoms with van der Waals surface area (Å²) in [5.41, 5.74) is 6.17. The molecular formula is C51H37NSSi. The van der Waals surface area contributed by atoms with Gasteiger partial charge in [0.1, 0.15) is 0 Å². The van der Waals surface area contributed by atoms with Crippen LogP contribution in [0.3, 0.4) is 0 Å². The predicted octanol–water partition coefficient (Wildman–Crippen LogP) is 11.8. The number of hydrogen-bond donors (Lipinski definition) is 0. The van der Waals surface area contributed by atoms with E-state index in [1.165, 1.54) is 79.3 Å². The molecule has 0 bridgehead atoms. The number of rotatable bonds is 5. The Morgan fingerprint density at radius 2 is 0.926 bits per heavy atom. The van der Waals surface area contributed by atoms with Gasteiger partial charge in [-0.15, -0.1) is 11.3 Å². The molecule has 2 heterocycles. The fraction of sp³-hybridized carbons (Fsp3) is 0.0196. The molecule has 10 aromatic rings. The van der Waals surface area contributed by atoms with Crippen LogP contribution in [0.4, 0.5) is 17.1 Å². The van der Waals surface area contributed by atoms with Crippen molar-refractivity contribution in [2.75, 3.05) is 4.90 Å². The third-order valence-corrected chi connectivity index (χ3v) is 17.3. The zero-order valence-corrected chi connectivity index (χ0v) is 30.7. The first-order valence-electron chi connectivity index (χ1n) is 18.3. The Kier molecular flexibility index (Phi) is 7.62. The van der Waals surface area contributed by atoms with E-state index in [0.29, 0.717) is 0 Å². The Labute approximate surface area is 321 Å². The topological polar surface area (TPSA) is 3.24 Å². The molecule has 0 unspecified atom stereocenters. The van der Waals surface area contributed by atoms with Crippen LogP contribution in [0.2, 0.25) is 0 Å². The fourth-order valence-electron chi connectivity index (χ4n) is 9.08. The zero-order chi connectivity index (χ0) is 34.9. The highest BCUT2D eigenvalue weighted by molar-refractivity contribution is 7.26. The van der Waals surface area contributed by atoms with Gasteiger partial charge in [0.15, 0.2) is 8.07 Å². The third kappa shape index (κ3) is 4.69. The summed E-state index contributed by atoms with van der Waals surface area (Å²) in [4.78, 5) is 2.51. The molecule has 1 nitrogen and oxygen atoms in total. The van der Waals surface area contributed by atoms with E-state index in [2.05, 4.69) is 205 Å². The first-order chi connectivity index (χ1) is 26.3. The normalized spacial score (nSPS) is 12.8. The third-order valence-electron chi connectivity index (χ3n) is 11.3. The molecule has 0 atom stereocenters. The quantitative estimate of drug-likeness (QED) is 0.126. The molecule has 9 aromatic carbocycles. The van der Waals surface area contributed by atoms with E-state index in [-0.39, 0.29) is 7.43 Å². The molecular weight excluding hydrogens is 687 g/mol. The Bertz CT molecular complexity index is 2980. The molecule has 256 valence electrons. The highest BCUT2D eigenvalue weighted by Crippen LogP contribution is 2.45. The molecule has 1 aliphatic rings. The molecule has 54 heavy (non-hydrogen) atoms.